The number of carbonyl (C=O) groups excluding carboxylic acids is 2. The number of nitrogens with one attached hydrogen (secondary N) is 1. The summed E-state index contributed by atoms with van der Waals surface area (Å²) >= 11 is 0. The molecule has 28 heavy (non-hydrogen) atoms. The standard InChI is InChI=1S/C22H17N3O3/c1-15-11-12-25-14-19(24-20(25)13-15)22(27)28-18-9-7-17(8-10-18)23-21(26)16-5-3-2-4-6-16/h2-14H,1H3,(H,23,26). The van der Waals surface area contributed by atoms with E-state index in [2.05, 4.69) is 10.3 Å². The Morgan fingerprint density at radius 1 is 1.00 bits per heavy atom. The quantitative estimate of drug-likeness (QED) is 0.433. The van der Waals surface area contributed by atoms with E-state index in [0.29, 0.717) is 22.6 Å². The largest absolute Gasteiger partial charge is 0.422 e. The Kier molecular flexibility index (Phi) is 4.60. The van der Waals surface area contributed by atoms with Crippen LogP contribution < -0.4 is 10.1 Å². The van der Waals surface area contributed by atoms with Crippen molar-refractivity contribution in [1.29, 1.82) is 0 Å². The summed E-state index contributed by atoms with van der Waals surface area (Å²) in [4.78, 5) is 28.8. The van der Waals surface area contributed by atoms with Crippen LogP contribution in [0.2, 0.25) is 0 Å². The molecule has 6 nitrogen and oxygen atoms in total. The highest BCUT2D eigenvalue weighted by Crippen LogP contribution is 2.18. The molecule has 1 amide bonds. The number of rotatable bonds is 4. The van der Waals surface area contributed by atoms with Gasteiger partial charge in [0.2, 0.25) is 0 Å². The zero-order valence-electron chi connectivity index (χ0n) is 15.1. The number of hydrogen-bond acceptors (Lipinski definition) is 4. The van der Waals surface area contributed by atoms with Crippen molar-refractivity contribution in [2.24, 2.45) is 0 Å². The third-order valence-electron chi connectivity index (χ3n) is 4.18. The Hall–Kier alpha value is -3.93. The second-order valence-corrected chi connectivity index (χ2v) is 6.33. The van der Waals surface area contributed by atoms with Gasteiger partial charge in [-0.25, -0.2) is 9.78 Å². The van der Waals surface area contributed by atoms with Gasteiger partial charge in [-0.2, -0.15) is 0 Å². The van der Waals surface area contributed by atoms with Crippen LogP contribution in [0.5, 0.6) is 5.75 Å². The highest BCUT2D eigenvalue weighted by molar-refractivity contribution is 6.04. The summed E-state index contributed by atoms with van der Waals surface area (Å²) in [5, 5.41) is 2.80. The zero-order chi connectivity index (χ0) is 19.5. The molecule has 4 aromatic rings. The minimum absolute atomic E-state index is 0.203. The average molecular weight is 371 g/mol. The van der Waals surface area contributed by atoms with Gasteiger partial charge in [0.1, 0.15) is 11.4 Å². The van der Waals surface area contributed by atoms with E-state index in [-0.39, 0.29) is 11.6 Å². The molecule has 0 aliphatic heterocycles. The molecule has 0 saturated carbocycles. The molecule has 0 unspecified atom stereocenters. The van der Waals surface area contributed by atoms with Gasteiger partial charge in [0.05, 0.1) is 0 Å². The number of ether oxygens (including phenoxy) is 1. The molecule has 2 aromatic carbocycles. The number of hydrogen-bond donors (Lipinski definition) is 1. The molecule has 0 radical (unpaired) electrons. The second-order valence-electron chi connectivity index (χ2n) is 6.33. The van der Waals surface area contributed by atoms with Crippen molar-refractivity contribution < 1.29 is 14.3 Å². The molecule has 4 rings (SSSR count). The van der Waals surface area contributed by atoms with E-state index in [4.69, 9.17) is 4.74 Å². The molecule has 2 heterocycles. The minimum atomic E-state index is -0.539. The number of nitrogens with zero attached hydrogens (tertiary/aromatic N) is 2. The summed E-state index contributed by atoms with van der Waals surface area (Å²) in [6.45, 7) is 1.96. The number of aromatic nitrogens is 2. The van der Waals surface area contributed by atoms with Crippen LogP contribution in [0, 0.1) is 6.92 Å². The third-order valence-corrected chi connectivity index (χ3v) is 4.18. The Labute approximate surface area is 161 Å². The van der Waals surface area contributed by atoms with E-state index in [1.165, 1.54) is 0 Å². The summed E-state index contributed by atoms with van der Waals surface area (Å²) in [5.41, 5.74) is 3.15. The number of amides is 1. The maximum atomic E-state index is 12.3. The van der Waals surface area contributed by atoms with Crippen molar-refractivity contribution in [3.63, 3.8) is 0 Å². The summed E-state index contributed by atoms with van der Waals surface area (Å²) in [5.74, 6) is -0.372. The lowest BCUT2D eigenvalue weighted by atomic mass is 10.2. The van der Waals surface area contributed by atoms with Crippen LogP contribution in [0.4, 0.5) is 5.69 Å². The van der Waals surface area contributed by atoms with Crippen LogP contribution in [0.15, 0.2) is 79.1 Å². The minimum Gasteiger partial charge on any atom is -0.422 e. The number of imidazole rings is 1. The van der Waals surface area contributed by atoms with Gasteiger partial charge in [-0.15, -0.1) is 0 Å². The SMILES string of the molecule is Cc1ccn2cc(C(=O)Oc3ccc(NC(=O)c4ccccc4)cc3)nc2c1. The molecule has 0 bridgehead atoms. The Morgan fingerprint density at radius 3 is 2.50 bits per heavy atom. The number of fused-ring (bicyclic) bond motifs is 1. The average Bonchev–Trinajstić information content (AvgIpc) is 3.13. The van der Waals surface area contributed by atoms with E-state index in [9.17, 15) is 9.59 Å². The van der Waals surface area contributed by atoms with Gasteiger partial charge in [-0.1, -0.05) is 18.2 Å². The van der Waals surface area contributed by atoms with Crippen LogP contribution in [-0.2, 0) is 0 Å². The Bertz CT molecular complexity index is 1150. The van der Waals surface area contributed by atoms with Crippen molar-refractivity contribution in [2.75, 3.05) is 5.32 Å². The van der Waals surface area contributed by atoms with Crippen molar-refractivity contribution in [3.8, 4) is 5.75 Å². The fourth-order valence-electron chi connectivity index (χ4n) is 2.74. The number of benzene rings is 2. The lowest BCUT2D eigenvalue weighted by Gasteiger charge is -2.07. The van der Waals surface area contributed by atoms with Crippen molar-refractivity contribution in [1.82, 2.24) is 9.38 Å². The van der Waals surface area contributed by atoms with Crippen LogP contribution in [0.1, 0.15) is 26.4 Å². The number of pyridine rings is 1. The number of carbonyl (C=O) groups is 2. The smallest absolute Gasteiger partial charge is 0.363 e. The van der Waals surface area contributed by atoms with Crippen LogP contribution in [0.3, 0.4) is 0 Å². The molecule has 0 aliphatic rings. The highest BCUT2D eigenvalue weighted by Gasteiger charge is 2.14. The normalized spacial score (nSPS) is 10.6. The lowest BCUT2D eigenvalue weighted by molar-refractivity contribution is 0.0729. The van der Waals surface area contributed by atoms with Gasteiger partial charge < -0.3 is 14.5 Å². The predicted molar refractivity (Wildman–Crippen MR) is 106 cm³/mol. The highest BCUT2D eigenvalue weighted by atomic mass is 16.5. The van der Waals surface area contributed by atoms with Crippen LogP contribution >= 0.6 is 0 Å². The number of anilines is 1. The molecule has 0 aliphatic carbocycles. The van der Waals surface area contributed by atoms with E-state index >= 15 is 0 Å². The fourth-order valence-corrected chi connectivity index (χ4v) is 2.74. The van der Waals surface area contributed by atoms with Gasteiger partial charge in [-0.3, -0.25) is 4.79 Å². The molecular formula is C22H17N3O3. The monoisotopic (exact) mass is 371 g/mol. The number of esters is 1. The van der Waals surface area contributed by atoms with Gasteiger partial charge in [0.15, 0.2) is 5.69 Å². The summed E-state index contributed by atoms with van der Waals surface area (Å²) in [6, 6.07) is 19.4. The van der Waals surface area contributed by atoms with E-state index in [0.717, 1.165) is 5.56 Å². The molecule has 6 heteroatoms. The molecule has 0 fully saturated rings. The topological polar surface area (TPSA) is 72.7 Å². The predicted octanol–water partition coefficient (Wildman–Crippen LogP) is 4.11. The van der Waals surface area contributed by atoms with Gasteiger partial charge in [0, 0.05) is 23.6 Å². The fraction of sp³-hybridized carbons (Fsp3) is 0.0455. The van der Waals surface area contributed by atoms with E-state index in [1.807, 2.05) is 31.3 Å². The maximum Gasteiger partial charge on any atom is 0.363 e. The maximum absolute atomic E-state index is 12.3. The first kappa shape index (κ1) is 17.5. The van der Waals surface area contributed by atoms with Crippen molar-refractivity contribution in [2.45, 2.75) is 6.92 Å². The van der Waals surface area contributed by atoms with Crippen LogP contribution in [0.25, 0.3) is 5.65 Å². The molecule has 0 saturated heterocycles. The van der Waals surface area contributed by atoms with Crippen LogP contribution in [-0.4, -0.2) is 21.3 Å². The Balaban J connectivity index is 1.43. The zero-order valence-corrected chi connectivity index (χ0v) is 15.1. The molecule has 0 atom stereocenters. The summed E-state index contributed by atoms with van der Waals surface area (Å²) in [6.07, 6.45) is 3.48. The molecular weight excluding hydrogens is 354 g/mol. The first-order valence-corrected chi connectivity index (χ1v) is 8.72. The van der Waals surface area contributed by atoms with E-state index < -0.39 is 5.97 Å². The molecule has 2 aromatic heterocycles. The Morgan fingerprint density at radius 2 is 1.75 bits per heavy atom. The molecule has 1 N–H and O–H groups in total. The third kappa shape index (κ3) is 3.76. The molecule has 138 valence electrons. The van der Waals surface area contributed by atoms with Crippen molar-refractivity contribution in [3.05, 3.63) is 95.9 Å². The number of aryl methyl sites for hydroxylation is 1. The van der Waals surface area contributed by atoms with Crippen molar-refractivity contribution >= 4 is 23.2 Å². The van der Waals surface area contributed by atoms with E-state index in [1.54, 1.807) is 59.1 Å². The van der Waals surface area contributed by atoms with Gasteiger partial charge in [0.25, 0.3) is 5.91 Å². The first-order chi connectivity index (χ1) is 13.6. The second kappa shape index (κ2) is 7.36. The molecule has 0 spiro atoms. The lowest BCUT2D eigenvalue weighted by Crippen LogP contribution is -2.12. The van der Waals surface area contributed by atoms with Gasteiger partial charge in [-0.05, 0) is 61.0 Å². The first-order valence-electron chi connectivity index (χ1n) is 8.72. The summed E-state index contributed by atoms with van der Waals surface area (Å²) < 4.78 is 7.15. The summed E-state index contributed by atoms with van der Waals surface area (Å²) in [7, 11) is 0. The van der Waals surface area contributed by atoms with Gasteiger partial charge >= 0.3 is 5.97 Å².